The van der Waals surface area contributed by atoms with Gasteiger partial charge in [0.25, 0.3) is 0 Å². The maximum absolute atomic E-state index is 12.9. The molecule has 1 aliphatic carbocycles. The van der Waals surface area contributed by atoms with Crippen molar-refractivity contribution < 1.29 is 9.59 Å². The molecule has 2 aliphatic heterocycles. The summed E-state index contributed by atoms with van der Waals surface area (Å²) in [5.74, 6) is 1.93. The molecule has 4 nitrogen and oxygen atoms in total. The Morgan fingerprint density at radius 1 is 1.04 bits per heavy atom. The predicted molar refractivity (Wildman–Crippen MR) is 109 cm³/mol. The summed E-state index contributed by atoms with van der Waals surface area (Å²) in [4.78, 5) is 29.8. The van der Waals surface area contributed by atoms with Gasteiger partial charge in [-0.05, 0) is 37.7 Å². The van der Waals surface area contributed by atoms with Gasteiger partial charge < -0.3 is 9.80 Å². The lowest BCUT2D eigenvalue weighted by atomic mass is 9.98. The average Bonchev–Trinajstić information content (AvgIpc) is 3.38. The predicted octanol–water partition coefficient (Wildman–Crippen LogP) is 3.70. The van der Waals surface area contributed by atoms with Gasteiger partial charge in [-0.2, -0.15) is 0 Å². The molecule has 2 heterocycles. The van der Waals surface area contributed by atoms with E-state index in [2.05, 4.69) is 21.9 Å². The highest BCUT2D eigenvalue weighted by atomic mass is 32.2. The lowest BCUT2D eigenvalue weighted by molar-refractivity contribution is -0.139. The fraction of sp³-hybridized carbons (Fsp3) is 0.636. The van der Waals surface area contributed by atoms with Gasteiger partial charge in [0.05, 0.1) is 4.87 Å². The molecule has 2 saturated heterocycles. The molecule has 0 radical (unpaired) electrons. The second-order valence-corrected chi connectivity index (χ2v) is 9.59. The molecule has 1 aromatic carbocycles. The maximum Gasteiger partial charge on any atom is 0.225 e. The SMILES string of the molecule is O=C(C1CCCC1)N1CCC2(CC1)SCCN2C(=O)CCc1ccccc1. The number of benzene rings is 1. The number of carbonyl (C=O) groups excluding carboxylic acids is 2. The van der Waals surface area contributed by atoms with Gasteiger partial charge in [-0.1, -0.05) is 43.2 Å². The lowest BCUT2D eigenvalue weighted by Crippen LogP contribution is -2.54. The van der Waals surface area contributed by atoms with E-state index in [1.54, 1.807) is 0 Å². The zero-order chi connectivity index (χ0) is 18.7. The zero-order valence-electron chi connectivity index (χ0n) is 16.1. The van der Waals surface area contributed by atoms with Crippen molar-refractivity contribution in [2.24, 2.45) is 5.92 Å². The molecule has 27 heavy (non-hydrogen) atoms. The van der Waals surface area contributed by atoms with E-state index >= 15 is 0 Å². The summed E-state index contributed by atoms with van der Waals surface area (Å²) in [5, 5.41) is 0. The summed E-state index contributed by atoms with van der Waals surface area (Å²) >= 11 is 1.94. The molecule has 1 spiro atoms. The third-order valence-electron chi connectivity index (χ3n) is 6.51. The molecule has 0 bridgehead atoms. The molecule has 2 amide bonds. The van der Waals surface area contributed by atoms with E-state index < -0.39 is 0 Å². The Morgan fingerprint density at radius 2 is 1.74 bits per heavy atom. The van der Waals surface area contributed by atoms with Gasteiger partial charge in [-0.15, -0.1) is 11.8 Å². The number of nitrogens with zero attached hydrogens (tertiary/aromatic N) is 2. The van der Waals surface area contributed by atoms with Crippen molar-refractivity contribution in [3.05, 3.63) is 35.9 Å². The minimum atomic E-state index is -0.0692. The van der Waals surface area contributed by atoms with Crippen molar-refractivity contribution in [3.8, 4) is 0 Å². The Morgan fingerprint density at radius 3 is 2.44 bits per heavy atom. The Bertz CT molecular complexity index is 664. The van der Waals surface area contributed by atoms with Crippen LogP contribution in [0.3, 0.4) is 0 Å². The van der Waals surface area contributed by atoms with E-state index in [9.17, 15) is 9.59 Å². The van der Waals surface area contributed by atoms with Crippen molar-refractivity contribution in [2.45, 2.75) is 56.2 Å². The standard InChI is InChI=1S/C22H30N2O2S/c25-20(11-10-18-6-2-1-3-7-18)24-16-17-27-22(24)12-14-23(15-13-22)21(26)19-8-4-5-9-19/h1-3,6-7,19H,4-5,8-17H2. The molecule has 1 saturated carbocycles. The third-order valence-corrected chi connectivity index (χ3v) is 8.06. The van der Waals surface area contributed by atoms with Crippen LogP contribution in [0.5, 0.6) is 0 Å². The third kappa shape index (κ3) is 4.03. The highest BCUT2D eigenvalue weighted by Gasteiger charge is 2.47. The highest BCUT2D eigenvalue weighted by Crippen LogP contribution is 2.44. The number of likely N-dealkylation sites (tertiary alicyclic amines) is 1. The van der Waals surface area contributed by atoms with Crippen LogP contribution in [0, 0.1) is 5.92 Å². The van der Waals surface area contributed by atoms with E-state index in [1.165, 1.54) is 18.4 Å². The van der Waals surface area contributed by atoms with Gasteiger partial charge in [0.15, 0.2) is 0 Å². The van der Waals surface area contributed by atoms with Crippen LogP contribution in [0.2, 0.25) is 0 Å². The molecule has 0 N–H and O–H groups in total. The molecule has 1 aromatic rings. The Balaban J connectivity index is 1.33. The van der Waals surface area contributed by atoms with Crippen molar-refractivity contribution in [3.63, 3.8) is 0 Å². The van der Waals surface area contributed by atoms with Gasteiger partial charge in [0.1, 0.15) is 0 Å². The zero-order valence-corrected chi connectivity index (χ0v) is 16.9. The van der Waals surface area contributed by atoms with Crippen LogP contribution in [0.15, 0.2) is 30.3 Å². The maximum atomic E-state index is 12.9. The van der Waals surface area contributed by atoms with Crippen LogP contribution in [0.1, 0.15) is 50.5 Å². The number of aryl methyl sites for hydroxylation is 1. The van der Waals surface area contributed by atoms with Crippen LogP contribution >= 0.6 is 11.8 Å². The second kappa shape index (κ2) is 8.26. The smallest absolute Gasteiger partial charge is 0.225 e. The molecular weight excluding hydrogens is 356 g/mol. The molecule has 0 atom stereocenters. The highest BCUT2D eigenvalue weighted by molar-refractivity contribution is 8.00. The lowest BCUT2D eigenvalue weighted by Gasteiger charge is -2.44. The van der Waals surface area contributed by atoms with Crippen molar-refractivity contribution >= 4 is 23.6 Å². The molecular formula is C22H30N2O2S. The fourth-order valence-electron chi connectivity index (χ4n) is 4.91. The van der Waals surface area contributed by atoms with Gasteiger partial charge >= 0.3 is 0 Å². The molecule has 3 aliphatic rings. The van der Waals surface area contributed by atoms with Crippen molar-refractivity contribution in [2.75, 3.05) is 25.4 Å². The Kier molecular flexibility index (Phi) is 5.76. The van der Waals surface area contributed by atoms with Crippen molar-refractivity contribution in [1.82, 2.24) is 9.80 Å². The van der Waals surface area contributed by atoms with E-state index in [0.717, 1.165) is 57.5 Å². The van der Waals surface area contributed by atoms with Crippen LogP contribution < -0.4 is 0 Å². The first-order valence-electron chi connectivity index (χ1n) is 10.5. The largest absolute Gasteiger partial charge is 0.342 e. The summed E-state index contributed by atoms with van der Waals surface area (Å²) in [6, 6.07) is 10.3. The first kappa shape index (κ1) is 18.9. The number of carbonyl (C=O) groups is 2. The minimum Gasteiger partial charge on any atom is -0.342 e. The van der Waals surface area contributed by atoms with Gasteiger partial charge in [-0.3, -0.25) is 9.59 Å². The topological polar surface area (TPSA) is 40.6 Å². The van der Waals surface area contributed by atoms with Crippen molar-refractivity contribution in [1.29, 1.82) is 0 Å². The van der Waals surface area contributed by atoms with E-state index in [4.69, 9.17) is 0 Å². The molecule has 5 heteroatoms. The normalized spacial score (nSPS) is 22.5. The Hall–Kier alpha value is -1.49. The molecule has 4 rings (SSSR count). The monoisotopic (exact) mass is 386 g/mol. The summed E-state index contributed by atoms with van der Waals surface area (Å²) in [7, 11) is 0. The quantitative estimate of drug-likeness (QED) is 0.792. The van der Waals surface area contributed by atoms with Crippen LogP contribution in [0.4, 0.5) is 0 Å². The summed E-state index contributed by atoms with van der Waals surface area (Å²) in [5.41, 5.74) is 1.23. The second-order valence-electron chi connectivity index (χ2n) is 8.13. The number of hydrogen-bond donors (Lipinski definition) is 0. The van der Waals surface area contributed by atoms with Crippen LogP contribution in [-0.2, 0) is 16.0 Å². The Labute approximate surface area is 166 Å². The minimum absolute atomic E-state index is 0.0692. The van der Waals surface area contributed by atoms with Gasteiger partial charge in [0.2, 0.25) is 11.8 Å². The summed E-state index contributed by atoms with van der Waals surface area (Å²) < 4.78 is 0. The van der Waals surface area contributed by atoms with E-state index in [0.29, 0.717) is 12.3 Å². The molecule has 146 valence electrons. The van der Waals surface area contributed by atoms with E-state index in [-0.39, 0.29) is 16.7 Å². The molecule has 0 aromatic heterocycles. The number of hydrogen-bond acceptors (Lipinski definition) is 3. The van der Waals surface area contributed by atoms with Crippen LogP contribution in [0.25, 0.3) is 0 Å². The number of thioether (sulfide) groups is 1. The number of rotatable bonds is 4. The first-order valence-corrected chi connectivity index (χ1v) is 11.4. The van der Waals surface area contributed by atoms with Gasteiger partial charge in [0, 0.05) is 37.7 Å². The first-order chi connectivity index (χ1) is 13.2. The summed E-state index contributed by atoms with van der Waals surface area (Å²) in [6.45, 7) is 2.48. The number of piperidine rings is 1. The van der Waals surface area contributed by atoms with E-state index in [1.807, 2.05) is 30.0 Å². The average molecular weight is 387 g/mol. The van der Waals surface area contributed by atoms with Gasteiger partial charge in [-0.25, -0.2) is 0 Å². The molecule has 0 unspecified atom stereocenters. The fourth-order valence-corrected chi connectivity index (χ4v) is 6.39. The molecule has 3 fully saturated rings. The summed E-state index contributed by atoms with van der Waals surface area (Å²) in [6.07, 6.45) is 7.78. The number of amides is 2. The van der Waals surface area contributed by atoms with Crippen LogP contribution in [-0.4, -0.2) is 51.9 Å².